The van der Waals surface area contributed by atoms with E-state index >= 15 is 0 Å². The average molecular weight is 758 g/mol. The molecule has 0 aliphatic carbocycles. The van der Waals surface area contributed by atoms with Gasteiger partial charge in [-0.15, -0.1) is 0 Å². The van der Waals surface area contributed by atoms with Crippen molar-refractivity contribution in [1.29, 1.82) is 0 Å². The zero-order valence-corrected chi connectivity index (χ0v) is 34.4. The van der Waals surface area contributed by atoms with Crippen LogP contribution in [0.25, 0.3) is 0 Å². The van der Waals surface area contributed by atoms with E-state index in [1.54, 1.807) is 0 Å². The van der Waals surface area contributed by atoms with Gasteiger partial charge in [-0.1, -0.05) is 147 Å². The summed E-state index contributed by atoms with van der Waals surface area (Å²) < 4.78 is 32.7. The van der Waals surface area contributed by atoms with Gasteiger partial charge in [-0.05, 0) is 64.2 Å². The molecule has 0 heterocycles. The Morgan fingerprint density at radius 3 is 1.40 bits per heavy atom. The molecule has 0 rings (SSSR count). The number of allylic oxidation sites excluding steroid dienone is 4. The lowest BCUT2D eigenvalue weighted by atomic mass is 10.1. The van der Waals surface area contributed by atoms with Gasteiger partial charge in [0.25, 0.3) is 0 Å². The van der Waals surface area contributed by atoms with Gasteiger partial charge >= 0.3 is 19.8 Å². The van der Waals surface area contributed by atoms with Crippen molar-refractivity contribution in [2.45, 2.75) is 206 Å². The average Bonchev–Trinajstić information content (AvgIpc) is 3.13. The molecule has 1 unspecified atom stereocenters. The molecule has 0 saturated heterocycles. The molecule has 0 saturated carbocycles. The predicted octanol–water partition coefficient (Wildman–Crippen LogP) is 12.0. The number of nitrogens with two attached hydrogens (primary N) is 1. The maximum absolute atomic E-state index is 12.6. The minimum absolute atomic E-state index is 0.0525. The van der Waals surface area contributed by atoms with Crippen LogP contribution in [-0.4, -0.2) is 49.3 Å². The number of hydrogen-bond acceptors (Lipinski definition) is 8. The first-order valence-corrected chi connectivity index (χ1v) is 22.8. The van der Waals surface area contributed by atoms with Crippen LogP contribution in [0.5, 0.6) is 0 Å². The molecule has 9 nitrogen and oxygen atoms in total. The third-order valence-electron chi connectivity index (χ3n) is 9.06. The highest BCUT2D eigenvalue weighted by atomic mass is 31.2. The van der Waals surface area contributed by atoms with Crippen molar-refractivity contribution < 1.29 is 37.6 Å². The number of phosphoric ester groups is 1. The van der Waals surface area contributed by atoms with Crippen LogP contribution < -0.4 is 5.73 Å². The van der Waals surface area contributed by atoms with Crippen LogP contribution in [0.1, 0.15) is 200 Å². The fraction of sp³-hybridized carbons (Fsp3) is 0.857. The van der Waals surface area contributed by atoms with Crippen molar-refractivity contribution in [1.82, 2.24) is 0 Å². The lowest BCUT2D eigenvalue weighted by Gasteiger charge is -2.19. The van der Waals surface area contributed by atoms with E-state index in [0.717, 1.165) is 64.2 Å². The van der Waals surface area contributed by atoms with Gasteiger partial charge < -0.3 is 20.1 Å². The van der Waals surface area contributed by atoms with Crippen molar-refractivity contribution in [2.24, 2.45) is 5.73 Å². The molecule has 10 heteroatoms. The lowest BCUT2D eigenvalue weighted by molar-refractivity contribution is -0.161. The topological polar surface area (TPSA) is 134 Å². The summed E-state index contributed by atoms with van der Waals surface area (Å²) in [6, 6.07) is 0. The van der Waals surface area contributed by atoms with Crippen LogP contribution in [0.2, 0.25) is 0 Å². The smallest absolute Gasteiger partial charge is 0.462 e. The lowest BCUT2D eigenvalue weighted by Crippen LogP contribution is -2.29. The largest absolute Gasteiger partial charge is 0.472 e. The van der Waals surface area contributed by atoms with Crippen LogP contribution >= 0.6 is 7.82 Å². The molecule has 0 aromatic carbocycles. The second-order valence-corrected chi connectivity index (χ2v) is 15.7. The molecule has 0 fully saturated rings. The van der Waals surface area contributed by atoms with E-state index in [2.05, 4.69) is 38.2 Å². The third-order valence-corrected chi connectivity index (χ3v) is 10.0. The van der Waals surface area contributed by atoms with Crippen LogP contribution in [0.15, 0.2) is 24.3 Å². The van der Waals surface area contributed by atoms with Gasteiger partial charge in [-0.2, -0.15) is 0 Å². The van der Waals surface area contributed by atoms with E-state index in [0.29, 0.717) is 6.42 Å². The molecule has 0 aliphatic rings. The summed E-state index contributed by atoms with van der Waals surface area (Å²) in [5.74, 6) is -0.840. The summed E-state index contributed by atoms with van der Waals surface area (Å²) in [6.07, 6.45) is 40.6. The molecule has 0 amide bonds. The van der Waals surface area contributed by atoms with Gasteiger partial charge in [0.2, 0.25) is 0 Å². The summed E-state index contributed by atoms with van der Waals surface area (Å²) in [5, 5.41) is 0. The molecule has 3 N–H and O–H groups in total. The quantitative estimate of drug-likeness (QED) is 0.0271. The Morgan fingerprint density at radius 1 is 0.558 bits per heavy atom. The molecule has 0 aromatic rings. The molecule has 0 aliphatic heterocycles. The predicted molar refractivity (Wildman–Crippen MR) is 215 cm³/mol. The molecular weight excluding hydrogens is 677 g/mol. The number of unbranched alkanes of at least 4 members (excludes halogenated alkanes) is 23. The molecule has 0 radical (unpaired) electrons. The molecule has 0 aromatic heterocycles. The van der Waals surface area contributed by atoms with E-state index < -0.39 is 32.5 Å². The normalized spacial score (nSPS) is 13.5. The number of ether oxygens (including phenoxy) is 2. The highest BCUT2D eigenvalue weighted by Crippen LogP contribution is 2.43. The number of carbonyl (C=O) groups is 2. The third kappa shape index (κ3) is 38.2. The number of hydrogen-bond donors (Lipinski definition) is 2. The summed E-state index contributed by atoms with van der Waals surface area (Å²) in [7, 11) is -4.37. The molecule has 52 heavy (non-hydrogen) atoms. The van der Waals surface area contributed by atoms with Crippen LogP contribution in [0, 0.1) is 0 Å². The Balaban J connectivity index is 4.14. The minimum atomic E-state index is -4.37. The highest BCUT2D eigenvalue weighted by molar-refractivity contribution is 7.47. The van der Waals surface area contributed by atoms with Crippen molar-refractivity contribution in [2.75, 3.05) is 26.4 Å². The zero-order chi connectivity index (χ0) is 38.2. The minimum Gasteiger partial charge on any atom is -0.462 e. The molecule has 306 valence electrons. The van der Waals surface area contributed by atoms with E-state index in [9.17, 15) is 19.0 Å². The van der Waals surface area contributed by atoms with E-state index in [4.69, 9.17) is 24.3 Å². The van der Waals surface area contributed by atoms with Gasteiger partial charge in [0, 0.05) is 19.4 Å². The maximum atomic E-state index is 12.6. The number of esters is 2. The van der Waals surface area contributed by atoms with Gasteiger partial charge in [0.1, 0.15) is 6.61 Å². The second kappa shape index (κ2) is 39.2. The first-order valence-electron chi connectivity index (χ1n) is 21.3. The molecule has 2 atom stereocenters. The van der Waals surface area contributed by atoms with Crippen molar-refractivity contribution >= 4 is 19.8 Å². The van der Waals surface area contributed by atoms with E-state index in [-0.39, 0.29) is 32.6 Å². The Morgan fingerprint density at radius 2 is 0.942 bits per heavy atom. The van der Waals surface area contributed by atoms with Crippen LogP contribution in [-0.2, 0) is 32.7 Å². The molecular formula is C42H80NO8P. The maximum Gasteiger partial charge on any atom is 0.472 e. The summed E-state index contributed by atoms with van der Waals surface area (Å²) in [5.41, 5.74) is 5.34. The highest BCUT2D eigenvalue weighted by Gasteiger charge is 2.26. The second-order valence-electron chi connectivity index (χ2n) is 14.2. The van der Waals surface area contributed by atoms with Crippen LogP contribution in [0.4, 0.5) is 0 Å². The number of phosphoric acid groups is 1. The Bertz CT molecular complexity index is 912. The molecule has 0 bridgehead atoms. The van der Waals surface area contributed by atoms with Crippen molar-refractivity contribution in [3.8, 4) is 0 Å². The fourth-order valence-electron chi connectivity index (χ4n) is 5.86. The van der Waals surface area contributed by atoms with E-state index in [1.807, 2.05) is 0 Å². The molecule has 0 spiro atoms. The van der Waals surface area contributed by atoms with Gasteiger partial charge in [-0.3, -0.25) is 18.6 Å². The first kappa shape index (κ1) is 50.5. The summed E-state index contributed by atoms with van der Waals surface area (Å²) >= 11 is 0. The summed E-state index contributed by atoms with van der Waals surface area (Å²) in [4.78, 5) is 34.8. The fourth-order valence-corrected chi connectivity index (χ4v) is 6.62. The Kier molecular flexibility index (Phi) is 38.1. The Labute approximate surface area is 319 Å². The number of rotatable bonds is 40. The standard InChI is InChI=1S/C42H80NO8P/c1-3-5-7-9-11-13-15-17-18-19-20-21-22-23-25-27-29-31-33-35-42(45)51-40(39-50-52(46,47)49-37-36-43)38-48-41(44)34-32-30-28-26-24-16-14-12-10-8-6-4-2/h12,14,19-20,40H,3-11,13,15-18,21-39,43H2,1-2H3,(H,46,47)/b14-12-,20-19-/t40-/m1/s1. The first-order chi connectivity index (χ1) is 25.3. The van der Waals surface area contributed by atoms with Gasteiger partial charge in [-0.25, -0.2) is 4.57 Å². The van der Waals surface area contributed by atoms with Crippen molar-refractivity contribution in [3.63, 3.8) is 0 Å². The van der Waals surface area contributed by atoms with Crippen molar-refractivity contribution in [3.05, 3.63) is 24.3 Å². The van der Waals surface area contributed by atoms with Crippen LogP contribution in [0.3, 0.4) is 0 Å². The zero-order valence-electron chi connectivity index (χ0n) is 33.6. The van der Waals surface area contributed by atoms with E-state index in [1.165, 1.54) is 103 Å². The summed E-state index contributed by atoms with van der Waals surface area (Å²) in [6.45, 7) is 3.70. The van der Waals surface area contributed by atoms with Gasteiger partial charge in [0.15, 0.2) is 6.10 Å². The van der Waals surface area contributed by atoms with Gasteiger partial charge in [0.05, 0.1) is 13.2 Å². The SMILES string of the molecule is CCCCC/C=C\CCCCCCCC(=O)OC[C@H](COP(=O)(O)OCCN)OC(=O)CCCCCCCCC/C=C\CCCCCCCCCC. The number of carbonyl (C=O) groups excluding carboxylic acids is 2. The Hall–Kier alpha value is -1.51. The monoisotopic (exact) mass is 758 g/mol.